The summed E-state index contributed by atoms with van der Waals surface area (Å²) in [5, 5.41) is 47.3. The number of ketones is 3. The molecular weight excluding hydrogens is 532 g/mol. The molecule has 3 aliphatic rings. The predicted molar refractivity (Wildman–Crippen MR) is 159 cm³/mol. The topological polar surface area (TPSA) is 132 Å². The number of carbonyl (C=O) groups excluding carboxylic acids is 3. The smallest absolute Gasteiger partial charge is 0.209 e. The molecule has 6 atom stereocenters. The average molecular weight is 573 g/mol. The standard InChI is InChI=1S/C35H40O7/c1-9-20-10-12-21(13-11-20)23-15-14-22-17(4)33(7)19(6)34(8)26(16(2)3)29(38)24(18(5)36)31(40)35(34,42)32(41)27(33)30(39)25(22)28(23)37/h10-17,19,26,37-38,41-42H,9H2,1-8H3/t17-,19-,26?,33-,34-,35+/m1/s1. The minimum atomic E-state index is -2.65. The number of allylic oxidation sites excluding steroid dienone is 2. The largest absolute Gasteiger partial charge is 0.511 e. The van der Waals surface area contributed by atoms with Crippen molar-refractivity contribution >= 4 is 17.3 Å². The minimum Gasteiger partial charge on any atom is -0.511 e. The van der Waals surface area contributed by atoms with Crippen molar-refractivity contribution in [2.45, 2.75) is 73.3 Å². The first-order valence-corrected chi connectivity index (χ1v) is 14.7. The summed E-state index contributed by atoms with van der Waals surface area (Å²) in [4.78, 5) is 41.1. The lowest BCUT2D eigenvalue weighted by Gasteiger charge is -2.64. The van der Waals surface area contributed by atoms with Gasteiger partial charge in [-0.05, 0) is 47.8 Å². The zero-order chi connectivity index (χ0) is 31.3. The number of phenols is 1. The molecule has 0 aromatic heterocycles. The van der Waals surface area contributed by atoms with E-state index in [1.165, 1.54) is 0 Å². The van der Waals surface area contributed by atoms with E-state index in [2.05, 4.69) is 0 Å². The summed E-state index contributed by atoms with van der Waals surface area (Å²) < 4.78 is 0. The fourth-order valence-corrected chi connectivity index (χ4v) is 8.53. The van der Waals surface area contributed by atoms with E-state index >= 15 is 0 Å². The Kier molecular flexibility index (Phi) is 6.66. The third kappa shape index (κ3) is 3.34. The molecule has 0 spiro atoms. The number of Topliss-reactive ketones (excluding diaryl/α,β-unsaturated/α-hetero) is 3. The molecule has 0 heterocycles. The molecule has 222 valence electrons. The van der Waals surface area contributed by atoms with Gasteiger partial charge in [-0.2, -0.15) is 0 Å². The highest BCUT2D eigenvalue weighted by Crippen LogP contribution is 2.70. The molecule has 5 rings (SSSR count). The van der Waals surface area contributed by atoms with Crippen LogP contribution in [0.5, 0.6) is 5.75 Å². The van der Waals surface area contributed by atoms with Gasteiger partial charge in [-0.1, -0.05) is 84.9 Å². The number of carbonyl (C=O) groups is 3. The van der Waals surface area contributed by atoms with Crippen molar-refractivity contribution in [2.75, 3.05) is 0 Å². The highest BCUT2D eigenvalue weighted by atomic mass is 16.3. The van der Waals surface area contributed by atoms with E-state index in [0.29, 0.717) is 11.1 Å². The summed E-state index contributed by atoms with van der Waals surface area (Å²) in [6.07, 6.45) is 0.854. The second-order valence-corrected chi connectivity index (χ2v) is 13.1. The van der Waals surface area contributed by atoms with Crippen LogP contribution in [0.3, 0.4) is 0 Å². The van der Waals surface area contributed by atoms with Crippen molar-refractivity contribution in [3.63, 3.8) is 0 Å². The van der Waals surface area contributed by atoms with Gasteiger partial charge in [0.25, 0.3) is 0 Å². The second-order valence-electron chi connectivity index (χ2n) is 13.1. The van der Waals surface area contributed by atoms with Gasteiger partial charge in [0, 0.05) is 27.9 Å². The van der Waals surface area contributed by atoms with E-state index in [9.17, 15) is 34.8 Å². The molecule has 42 heavy (non-hydrogen) atoms. The van der Waals surface area contributed by atoms with E-state index in [0.717, 1.165) is 24.5 Å². The molecule has 0 radical (unpaired) electrons. The van der Waals surface area contributed by atoms with Gasteiger partial charge >= 0.3 is 0 Å². The van der Waals surface area contributed by atoms with E-state index < -0.39 is 68.6 Å². The van der Waals surface area contributed by atoms with Gasteiger partial charge in [-0.25, -0.2) is 0 Å². The third-order valence-corrected chi connectivity index (χ3v) is 11.2. The number of benzene rings is 2. The SMILES string of the molecule is CCc1ccc(-c2ccc3c(c2O)C(=O)C2=C(O)[C@@]4(O)C(=O)C(C(C)=O)=C(O)C(C(C)C)[C@@]4(C)[C@H](C)[C@@]2(C)[C@@H]3C)cc1. The first-order chi connectivity index (χ1) is 19.5. The van der Waals surface area contributed by atoms with Gasteiger partial charge in [0.15, 0.2) is 17.2 Å². The Bertz CT molecular complexity index is 1610. The van der Waals surface area contributed by atoms with Crippen LogP contribution in [0.4, 0.5) is 0 Å². The Morgan fingerprint density at radius 1 is 0.976 bits per heavy atom. The zero-order valence-electron chi connectivity index (χ0n) is 25.5. The summed E-state index contributed by atoms with van der Waals surface area (Å²) >= 11 is 0. The second kappa shape index (κ2) is 9.40. The highest BCUT2D eigenvalue weighted by molar-refractivity contribution is 6.25. The summed E-state index contributed by atoms with van der Waals surface area (Å²) in [5.74, 6) is -6.27. The van der Waals surface area contributed by atoms with Gasteiger partial charge in [0.2, 0.25) is 5.78 Å². The fraction of sp³-hybridized carbons (Fsp3) is 0.457. The number of hydrogen-bond acceptors (Lipinski definition) is 7. The van der Waals surface area contributed by atoms with Crippen LogP contribution in [0, 0.1) is 28.6 Å². The number of aliphatic hydroxyl groups excluding tert-OH is 2. The van der Waals surface area contributed by atoms with E-state index in [4.69, 9.17) is 0 Å². The molecule has 0 bridgehead atoms. The summed E-state index contributed by atoms with van der Waals surface area (Å²) in [5.41, 5.74) is -3.04. The molecule has 0 aliphatic heterocycles. The van der Waals surface area contributed by atoms with Crippen molar-refractivity contribution < 1.29 is 34.8 Å². The summed E-state index contributed by atoms with van der Waals surface area (Å²) in [6.45, 7) is 14.0. The van der Waals surface area contributed by atoms with E-state index in [1.807, 2.05) is 71.9 Å². The number of rotatable bonds is 4. The van der Waals surface area contributed by atoms with Gasteiger partial charge in [-0.15, -0.1) is 0 Å². The average Bonchev–Trinajstić information content (AvgIpc) is 2.93. The Balaban J connectivity index is 1.82. The fourth-order valence-electron chi connectivity index (χ4n) is 8.53. The molecule has 1 unspecified atom stereocenters. The Labute approximate surface area is 246 Å². The zero-order valence-corrected chi connectivity index (χ0v) is 25.5. The molecule has 0 saturated carbocycles. The molecule has 2 aromatic carbocycles. The molecule has 0 saturated heterocycles. The molecule has 0 fully saturated rings. The minimum absolute atomic E-state index is 0.0202. The van der Waals surface area contributed by atoms with Gasteiger partial charge in [0.05, 0.1) is 5.56 Å². The van der Waals surface area contributed by atoms with Crippen LogP contribution in [-0.2, 0) is 16.0 Å². The van der Waals surface area contributed by atoms with Crippen LogP contribution in [0.15, 0.2) is 59.1 Å². The van der Waals surface area contributed by atoms with E-state index in [1.54, 1.807) is 13.0 Å². The predicted octanol–water partition coefficient (Wildman–Crippen LogP) is 6.38. The number of phenolic OH excluding ortho intramolecular Hbond substituents is 1. The normalized spacial score (nSPS) is 32.6. The number of aryl methyl sites for hydroxylation is 1. The monoisotopic (exact) mass is 572 g/mol. The van der Waals surface area contributed by atoms with Crippen molar-refractivity contribution in [1.82, 2.24) is 0 Å². The lowest BCUT2D eigenvalue weighted by molar-refractivity contribution is -0.189. The van der Waals surface area contributed by atoms with Gasteiger partial charge in [-0.3, -0.25) is 14.4 Å². The van der Waals surface area contributed by atoms with Gasteiger partial charge in [0.1, 0.15) is 22.8 Å². The van der Waals surface area contributed by atoms with Crippen LogP contribution >= 0.6 is 0 Å². The molecule has 4 N–H and O–H groups in total. The quantitative estimate of drug-likeness (QED) is 0.312. The molecule has 7 heteroatoms. The van der Waals surface area contributed by atoms with Crippen molar-refractivity contribution in [3.8, 4) is 16.9 Å². The van der Waals surface area contributed by atoms with Gasteiger partial charge < -0.3 is 20.4 Å². The van der Waals surface area contributed by atoms with Crippen LogP contribution in [0.1, 0.15) is 82.8 Å². The maximum absolute atomic E-state index is 14.5. The molecular formula is C35H40O7. The lowest BCUT2D eigenvalue weighted by Crippen LogP contribution is -2.71. The van der Waals surface area contributed by atoms with Crippen LogP contribution in [-0.4, -0.2) is 43.4 Å². The first kappa shape index (κ1) is 29.8. The summed E-state index contributed by atoms with van der Waals surface area (Å²) in [6, 6.07) is 11.3. The third-order valence-electron chi connectivity index (χ3n) is 11.2. The van der Waals surface area contributed by atoms with Crippen molar-refractivity contribution in [1.29, 1.82) is 0 Å². The Hall–Kier alpha value is -3.71. The molecule has 2 aromatic rings. The maximum atomic E-state index is 14.5. The molecule has 3 aliphatic carbocycles. The first-order valence-electron chi connectivity index (χ1n) is 14.7. The number of aromatic hydroxyl groups is 1. The van der Waals surface area contributed by atoms with Crippen LogP contribution in [0.2, 0.25) is 0 Å². The number of fused-ring (bicyclic) bond motifs is 3. The number of hydrogen-bond donors (Lipinski definition) is 4. The molecule has 0 amide bonds. The van der Waals surface area contributed by atoms with Crippen molar-refractivity contribution in [3.05, 3.63) is 75.8 Å². The highest BCUT2D eigenvalue weighted by Gasteiger charge is 2.74. The van der Waals surface area contributed by atoms with Crippen molar-refractivity contribution in [2.24, 2.45) is 28.6 Å². The Morgan fingerprint density at radius 2 is 1.57 bits per heavy atom. The Morgan fingerprint density at radius 3 is 2.10 bits per heavy atom. The van der Waals surface area contributed by atoms with Crippen LogP contribution < -0.4 is 0 Å². The summed E-state index contributed by atoms with van der Waals surface area (Å²) in [7, 11) is 0. The maximum Gasteiger partial charge on any atom is 0.209 e. The lowest BCUT2D eigenvalue weighted by atomic mass is 9.39. The van der Waals surface area contributed by atoms with E-state index in [-0.39, 0.29) is 22.8 Å². The molecule has 7 nitrogen and oxygen atoms in total. The number of aliphatic hydroxyl groups is 3. The van der Waals surface area contributed by atoms with Crippen LogP contribution in [0.25, 0.3) is 11.1 Å².